The maximum atomic E-state index is 12.5. The van der Waals surface area contributed by atoms with Gasteiger partial charge in [0.15, 0.2) is 0 Å². The number of carbonyl (C=O) groups excluding carboxylic acids is 2. The van der Waals surface area contributed by atoms with Crippen molar-refractivity contribution in [1.82, 2.24) is 20.0 Å². The second-order valence-electron chi connectivity index (χ2n) is 7.23. The molecule has 1 aromatic carbocycles. The Morgan fingerprint density at radius 2 is 1.67 bits per heavy atom. The molecule has 1 aromatic heterocycles. The number of hydrogen-bond donors (Lipinski definition) is 0. The van der Waals surface area contributed by atoms with Crippen molar-refractivity contribution in [3.05, 3.63) is 47.7 Å². The zero-order chi connectivity index (χ0) is 18.6. The molecule has 27 heavy (non-hydrogen) atoms. The van der Waals surface area contributed by atoms with Gasteiger partial charge in [-0.2, -0.15) is 0 Å². The Morgan fingerprint density at radius 3 is 2.37 bits per heavy atom. The summed E-state index contributed by atoms with van der Waals surface area (Å²) in [6.45, 7) is 2.99. The summed E-state index contributed by atoms with van der Waals surface area (Å²) in [6, 6.07) is 9.35. The number of nitrogens with zero attached hydrogens (tertiary/aromatic N) is 4. The summed E-state index contributed by atoms with van der Waals surface area (Å²) in [5, 5.41) is 8.22. The van der Waals surface area contributed by atoms with Crippen molar-refractivity contribution in [3.8, 4) is 0 Å². The molecule has 7 nitrogen and oxygen atoms in total. The molecule has 0 radical (unpaired) electrons. The van der Waals surface area contributed by atoms with Gasteiger partial charge in [0.2, 0.25) is 17.7 Å². The maximum absolute atomic E-state index is 12.5. The molecular weight excluding hydrogens is 344 g/mol. The smallest absolute Gasteiger partial charge is 0.253 e. The Morgan fingerprint density at radius 1 is 0.963 bits per heavy atom. The first kappa shape index (κ1) is 17.7. The average molecular weight is 368 g/mol. The number of carbonyl (C=O) groups is 2. The summed E-state index contributed by atoms with van der Waals surface area (Å²) >= 11 is 0. The van der Waals surface area contributed by atoms with Gasteiger partial charge in [-0.15, -0.1) is 10.2 Å². The SMILES string of the molecule is O=C(Cc1nnc(C2CCN(C(=O)c3ccccc3)CC2)o1)N1CCCC1. The first-order chi connectivity index (χ1) is 13.2. The molecule has 2 aromatic rings. The van der Waals surface area contributed by atoms with Crippen molar-refractivity contribution >= 4 is 11.8 Å². The number of amides is 2. The number of rotatable bonds is 4. The highest BCUT2D eigenvalue weighted by Gasteiger charge is 2.28. The van der Waals surface area contributed by atoms with Gasteiger partial charge in [-0.05, 0) is 37.8 Å². The predicted octanol–water partition coefficient (Wildman–Crippen LogP) is 2.25. The van der Waals surface area contributed by atoms with Crippen molar-refractivity contribution in [3.63, 3.8) is 0 Å². The first-order valence-electron chi connectivity index (χ1n) is 9.65. The fourth-order valence-electron chi connectivity index (χ4n) is 3.80. The summed E-state index contributed by atoms with van der Waals surface area (Å²) in [6.07, 6.45) is 3.90. The largest absolute Gasteiger partial charge is 0.424 e. The van der Waals surface area contributed by atoms with Crippen LogP contribution in [-0.2, 0) is 11.2 Å². The molecule has 142 valence electrons. The van der Waals surface area contributed by atoms with Crippen LogP contribution in [0.2, 0.25) is 0 Å². The average Bonchev–Trinajstić information content (AvgIpc) is 3.40. The third-order valence-corrected chi connectivity index (χ3v) is 5.40. The Bertz CT molecular complexity index is 791. The molecule has 7 heteroatoms. The highest BCUT2D eigenvalue weighted by atomic mass is 16.4. The quantitative estimate of drug-likeness (QED) is 0.827. The van der Waals surface area contributed by atoms with E-state index in [0.717, 1.165) is 44.3 Å². The molecule has 0 bridgehead atoms. The lowest BCUT2D eigenvalue weighted by Crippen LogP contribution is -2.37. The van der Waals surface area contributed by atoms with Crippen LogP contribution in [0.5, 0.6) is 0 Å². The lowest BCUT2D eigenvalue weighted by Gasteiger charge is -2.30. The van der Waals surface area contributed by atoms with Crippen LogP contribution in [0, 0.1) is 0 Å². The highest BCUT2D eigenvalue weighted by molar-refractivity contribution is 5.94. The number of benzene rings is 1. The zero-order valence-corrected chi connectivity index (χ0v) is 15.3. The van der Waals surface area contributed by atoms with Gasteiger partial charge in [0.05, 0.1) is 0 Å². The Labute approximate surface area is 158 Å². The normalized spacial score (nSPS) is 18.1. The van der Waals surface area contributed by atoms with Crippen molar-refractivity contribution < 1.29 is 14.0 Å². The van der Waals surface area contributed by atoms with Gasteiger partial charge in [0, 0.05) is 37.7 Å². The summed E-state index contributed by atoms with van der Waals surface area (Å²) in [4.78, 5) is 28.5. The summed E-state index contributed by atoms with van der Waals surface area (Å²) in [5.41, 5.74) is 0.719. The molecule has 2 saturated heterocycles. The van der Waals surface area contributed by atoms with Gasteiger partial charge in [-0.3, -0.25) is 9.59 Å². The number of likely N-dealkylation sites (tertiary alicyclic amines) is 2. The van der Waals surface area contributed by atoms with Crippen molar-refractivity contribution in [2.24, 2.45) is 0 Å². The molecule has 2 fully saturated rings. The molecule has 4 rings (SSSR count). The lowest BCUT2D eigenvalue weighted by molar-refractivity contribution is -0.129. The third kappa shape index (κ3) is 4.02. The van der Waals surface area contributed by atoms with Gasteiger partial charge < -0.3 is 14.2 Å². The van der Waals surface area contributed by atoms with E-state index in [9.17, 15) is 9.59 Å². The second kappa shape index (κ2) is 7.90. The highest BCUT2D eigenvalue weighted by Crippen LogP contribution is 2.28. The van der Waals surface area contributed by atoms with Crippen LogP contribution in [-0.4, -0.2) is 58.0 Å². The van der Waals surface area contributed by atoms with Gasteiger partial charge in [-0.25, -0.2) is 0 Å². The van der Waals surface area contributed by atoms with E-state index in [1.54, 1.807) is 0 Å². The Kier molecular flexibility index (Phi) is 5.18. The van der Waals surface area contributed by atoms with E-state index in [2.05, 4.69) is 10.2 Å². The molecular formula is C20H24N4O3. The minimum atomic E-state index is 0.0611. The lowest BCUT2D eigenvalue weighted by atomic mass is 9.96. The van der Waals surface area contributed by atoms with Crippen LogP contribution in [0.25, 0.3) is 0 Å². The van der Waals surface area contributed by atoms with Crippen LogP contribution < -0.4 is 0 Å². The van der Waals surface area contributed by atoms with Gasteiger partial charge in [-0.1, -0.05) is 18.2 Å². The molecule has 3 heterocycles. The summed E-state index contributed by atoms with van der Waals surface area (Å²) < 4.78 is 5.76. The number of aromatic nitrogens is 2. The topological polar surface area (TPSA) is 79.5 Å². The molecule has 2 aliphatic heterocycles. The molecule has 0 saturated carbocycles. The molecule has 0 atom stereocenters. The number of piperidine rings is 1. The van der Waals surface area contributed by atoms with Crippen LogP contribution in [0.4, 0.5) is 0 Å². The van der Waals surface area contributed by atoms with E-state index >= 15 is 0 Å². The van der Waals surface area contributed by atoms with E-state index in [1.807, 2.05) is 40.1 Å². The fraction of sp³-hybridized carbons (Fsp3) is 0.500. The van der Waals surface area contributed by atoms with E-state index in [-0.39, 0.29) is 24.2 Å². The monoisotopic (exact) mass is 368 g/mol. The van der Waals surface area contributed by atoms with Crippen LogP contribution in [0.1, 0.15) is 53.7 Å². The van der Waals surface area contributed by atoms with Crippen molar-refractivity contribution in [2.75, 3.05) is 26.2 Å². The zero-order valence-electron chi connectivity index (χ0n) is 15.3. The van der Waals surface area contributed by atoms with E-state index in [1.165, 1.54) is 0 Å². The summed E-state index contributed by atoms with van der Waals surface area (Å²) in [5.74, 6) is 1.26. The minimum absolute atomic E-state index is 0.0611. The van der Waals surface area contributed by atoms with Gasteiger partial charge in [0.1, 0.15) is 6.42 Å². The maximum Gasteiger partial charge on any atom is 0.253 e. The number of hydrogen-bond acceptors (Lipinski definition) is 5. The van der Waals surface area contributed by atoms with E-state index < -0.39 is 0 Å². The second-order valence-corrected chi connectivity index (χ2v) is 7.23. The molecule has 0 aliphatic carbocycles. The fourth-order valence-corrected chi connectivity index (χ4v) is 3.80. The third-order valence-electron chi connectivity index (χ3n) is 5.40. The Hall–Kier alpha value is -2.70. The van der Waals surface area contributed by atoms with Gasteiger partial charge >= 0.3 is 0 Å². The standard InChI is InChI=1S/C20H24N4O3/c25-18(23-10-4-5-11-23)14-17-21-22-19(27-17)15-8-12-24(13-9-15)20(26)16-6-2-1-3-7-16/h1-3,6-7,15H,4-5,8-14H2. The molecule has 0 unspecified atom stereocenters. The molecule has 2 amide bonds. The van der Waals surface area contributed by atoms with Crippen LogP contribution >= 0.6 is 0 Å². The van der Waals surface area contributed by atoms with Crippen LogP contribution in [0.15, 0.2) is 34.7 Å². The first-order valence-corrected chi connectivity index (χ1v) is 9.65. The predicted molar refractivity (Wildman–Crippen MR) is 98.1 cm³/mol. The Balaban J connectivity index is 1.31. The molecule has 0 spiro atoms. The van der Waals surface area contributed by atoms with E-state index in [0.29, 0.717) is 24.9 Å². The minimum Gasteiger partial charge on any atom is -0.424 e. The van der Waals surface area contributed by atoms with Crippen molar-refractivity contribution in [2.45, 2.75) is 38.0 Å². The molecule has 0 N–H and O–H groups in total. The van der Waals surface area contributed by atoms with Gasteiger partial charge in [0.25, 0.3) is 5.91 Å². The van der Waals surface area contributed by atoms with E-state index in [4.69, 9.17) is 4.42 Å². The van der Waals surface area contributed by atoms with Crippen molar-refractivity contribution in [1.29, 1.82) is 0 Å². The summed E-state index contributed by atoms with van der Waals surface area (Å²) in [7, 11) is 0. The van der Waals surface area contributed by atoms with Crippen LogP contribution in [0.3, 0.4) is 0 Å². The molecule has 2 aliphatic rings.